The molecular formula is C18H19ClN2O4S2. The van der Waals surface area contributed by atoms with Gasteiger partial charge in [0.1, 0.15) is 10.9 Å². The summed E-state index contributed by atoms with van der Waals surface area (Å²) in [5.74, 6) is -1.46. The number of nitrogens with zero attached hydrogens (tertiary/aromatic N) is 1. The highest BCUT2D eigenvalue weighted by Gasteiger charge is 2.31. The van der Waals surface area contributed by atoms with Crippen LogP contribution in [0.5, 0.6) is 0 Å². The van der Waals surface area contributed by atoms with E-state index in [1.54, 1.807) is 23.1 Å². The molecule has 1 saturated heterocycles. The Bertz CT molecular complexity index is 765. The molecule has 0 saturated carbocycles. The van der Waals surface area contributed by atoms with E-state index in [4.69, 9.17) is 28.9 Å². The molecule has 2 rings (SSSR count). The minimum atomic E-state index is -1.07. The Balaban J connectivity index is 1.76. The highest BCUT2D eigenvalue weighted by molar-refractivity contribution is 8.26. The zero-order valence-electron chi connectivity index (χ0n) is 14.4. The number of halogens is 1. The number of carboxylic acids is 1. The van der Waals surface area contributed by atoms with E-state index in [1.165, 1.54) is 11.8 Å². The number of carbonyl (C=O) groups is 3. The van der Waals surface area contributed by atoms with Gasteiger partial charge in [0.2, 0.25) is 5.91 Å². The lowest BCUT2D eigenvalue weighted by Crippen LogP contribution is -2.29. The Hall–Kier alpha value is -1.90. The molecule has 0 atom stereocenters. The molecule has 1 fully saturated rings. The average molecular weight is 427 g/mol. The summed E-state index contributed by atoms with van der Waals surface area (Å²) in [6.07, 6.45) is 4.14. The van der Waals surface area contributed by atoms with Gasteiger partial charge in [-0.25, -0.2) is 0 Å². The van der Waals surface area contributed by atoms with Gasteiger partial charge in [-0.15, -0.1) is 0 Å². The number of carboxylic acid groups (broad SMARTS) is 1. The summed E-state index contributed by atoms with van der Waals surface area (Å²) >= 11 is 12.4. The summed E-state index contributed by atoms with van der Waals surface area (Å²) in [4.78, 5) is 36.5. The van der Waals surface area contributed by atoms with Gasteiger partial charge in [-0.05, 0) is 36.6 Å². The van der Waals surface area contributed by atoms with E-state index >= 15 is 0 Å². The molecule has 0 radical (unpaired) electrons. The molecule has 1 heterocycles. The highest BCUT2D eigenvalue weighted by atomic mass is 35.5. The van der Waals surface area contributed by atoms with Crippen molar-refractivity contribution >= 4 is 63.8 Å². The van der Waals surface area contributed by atoms with E-state index in [0.717, 1.165) is 12.0 Å². The minimum Gasteiger partial charge on any atom is -0.480 e. The Morgan fingerprint density at radius 1 is 1.22 bits per heavy atom. The second kappa shape index (κ2) is 10.4. The van der Waals surface area contributed by atoms with Crippen LogP contribution in [0.15, 0.2) is 29.2 Å². The van der Waals surface area contributed by atoms with Crippen LogP contribution in [0.25, 0.3) is 6.08 Å². The molecule has 1 aliphatic rings. The maximum Gasteiger partial charge on any atom is 0.322 e. The summed E-state index contributed by atoms with van der Waals surface area (Å²) in [5, 5.41) is 11.4. The first-order valence-corrected chi connectivity index (χ1v) is 9.96. The number of hydrogen-bond acceptors (Lipinski definition) is 5. The molecule has 1 aromatic rings. The molecule has 27 heavy (non-hydrogen) atoms. The van der Waals surface area contributed by atoms with E-state index in [2.05, 4.69) is 5.32 Å². The van der Waals surface area contributed by atoms with Crippen LogP contribution in [-0.4, -0.2) is 45.2 Å². The van der Waals surface area contributed by atoms with Crippen LogP contribution in [0.4, 0.5) is 0 Å². The van der Waals surface area contributed by atoms with Crippen LogP contribution in [0.3, 0.4) is 0 Å². The second-order valence-electron chi connectivity index (χ2n) is 5.87. The predicted molar refractivity (Wildman–Crippen MR) is 110 cm³/mol. The van der Waals surface area contributed by atoms with E-state index in [9.17, 15) is 14.4 Å². The number of nitrogens with one attached hydrogen (secondary N) is 1. The summed E-state index contributed by atoms with van der Waals surface area (Å²) in [6, 6.07) is 7.20. The third-order valence-electron chi connectivity index (χ3n) is 3.76. The fourth-order valence-electron chi connectivity index (χ4n) is 2.40. The van der Waals surface area contributed by atoms with Gasteiger partial charge in [0, 0.05) is 18.0 Å². The van der Waals surface area contributed by atoms with Crippen molar-refractivity contribution in [2.75, 3.05) is 13.1 Å². The van der Waals surface area contributed by atoms with Crippen molar-refractivity contribution in [2.24, 2.45) is 0 Å². The fraction of sp³-hybridized carbons (Fsp3) is 0.333. The Labute approximate surface area is 171 Å². The highest BCUT2D eigenvalue weighted by Crippen LogP contribution is 2.32. The second-order valence-corrected chi connectivity index (χ2v) is 7.98. The molecular weight excluding hydrogens is 408 g/mol. The maximum absolute atomic E-state index is 12.5. The van der Waals surface area contributed by atoms with Crippen LogP contribution in [0, 0.1) is 0 Å². The summed E-state index contributed by atoms with van der Waals surface area (Å²) in [5.41, 5.74) is 0.882. The third-order valence-corrected chi connectivity index (χ3v) is 5.39. The van der Waals surface area contributed by atoms with Gasteiger partial charge in [0.15, 0.2) is 0 Å². The predicted octanol–water partition coefficient (Wildman–Crippen LogP) is 3.30. The molecule has 2 N–H and O–H groups in total. The quantitative estimate of drug-likeness (QED) is 0.358. The number of aliphatic carboxylic acids is 1. The van der Waals surface area contributed by atoms with Gasteiger partial charge < -0.3 is 10.4 Å². The first kappa shape index (κ1) is 21.4. The van der Waals surface area contributed by atoms with Gasteiger partial charge >= 0.3 is 5.97 Å². The average Bonchev–Trinajstić information content (AvgIpc) is 2.88. The molecule has 6 nitrogen and oxygen atoms in total. The SMILES string of the molecule is O=C(O)CNC(=O)CCCCCN1C(=O)/C(=C/c2ccc(Cl)cc2)SC1=S. The van der Waals surface area contributed by atoms with Gasteiger partial charge in [-0.2, -0.15) is 0 Å². The topological polar surface area (TPSA) is 86.7 Å². The van der Waals surface area contributed by atoms with Crippen molar-refractivity contribution in [3.8, 4) is 0 Å². The van der Waals surface area contributed by atoms with E-state index in [0.29, 0.717) is 33.6 Å². The van der Waals surface area contributed by atoms with Crippen LogP contribution >= 0.6 is 35.6 Å². The summed E-state index contributed by atoms with van der Waals surface area (Å²) in [6.45, 7) is 0.134. The zero-order valence-corrected chi connectivity index (χ0v) is 16.8. The van der Waals surface area contributed by atoms with Crippen molar-refractivity contribution in [3.05, 3.63) is 39.8 Å². The maximum atomic E-state index is 12.5. The number of hydrogen-bond donors (Lipinski definition) is 2. The van der Waals surface area contributed by atoms with Crippen LogP contribution in [0.1, 0.15) is 31.2 Å². The van der Waals surface area contributed by atoms with Crippen LogP contribution in [0.2, 0.25) is 5.02 Å². The normalized spacial score (nSPS) is 15.4. The standard InChI is InChI=1S/C18H19ClN2O4S2/c19-13-7-5-12(6-8-13)10-14-17(25)21(18(26)27-14)9-3-1-2-4-15(22)20-11-16(23)24/h5-8,10H,1-4,9,11H2,(H,20,22)(H,23,24)/b14-10-. The third kappa shape index (κ3) is 6.97. The van der Waals surface area contributed by atoms with E-state index in [1.807, 2.05) is 12.1 Å². The van der Waals surface area contributed by atoms with Crippen LogP contribution < -0.4 is 5.32 Å². The number of unbranched alkanes of at least 4 members (excludes halogenated alkanes) is 2. The first-order chi connectivity index (χ1) is 12.9. The summed E-state index contributed by atoms with van der Waals surface area (Å²) < 4.78 is 0.527. The van der Waals surface area contributed by atoms with Crippen molar-refractivity contribution in [1.82, 2.24) is 10.2 Å². The number of rotatable bonds is 9. The van der Waals surface area contributed by atoms with Gasteiger partial charge in [0.05, 0.1) is 4.91 Å². The monoisotopic (exact) mass is 426 g/mol. The number of amides is 2. The van der Waals surface area contributed by atoms with Crippen molar-refractivity contribution < 1.29 is 19.5 Å². The molecule has 0 bridgehead atoms. The Kier molecular flexibility index (Phi) is 8.27. The van der Waals surface area contributed by atoms with Gasteiger partial charge in [-0.1, -0.05) is 54.1 Å². The lowest BCUT2D eigenvalue weighted by Gasteiger charge is -2.14. The molecule has 1 aliphatic heterocycles. The largest absolute Gasteiger partial charge is 0.480 e. The van der Waals surface area contributed by atoms with Crippen molar-refractivity contribution in [1.29, 1.82) is 0 Å². The molecule has 9 heteroatoms. The van der Waals surface area contributed by atoms with E-state index < -0.39 is 5.97 Å². The smallest absolute Gasteiger partial charge is 0.322 e. The zero-order chi connectivity index (χ0) is 19.8. The fourth-order valence-corrected chi connectivity index (χ4v) is 3.83. The first-order valence-electron chi connectivity index (χ1n) is 8.36. The molecule has 2 amide bonds. The van der Waals surface area contributed by atoms with Crippen LogP contribution in [-0.2, 0) is 14.4 Å². The molecule has 0 spiro atoms. The molecule has 0 aliphatic carbocycles. The van der Waals surface area contributed by atoms with Crippen molar-refractivity contribution in [3.63, 3.8) is 0 Å². The lowest BCUT2D eigenvalue weighted by atomic mass is 10.1. The number of thioether (sulfide) groups is 1. The summed E-state index contributed by atoms with van der Waals surface area (Å²) in [7, 11) is 0. The number of benzene rings is 1. The van der Waals surface area contributed by atoms with E-state index in [-0.39, 0.29) is 24.8 Å². The number of thiocarbonyl (C=S) groups is 1. The van der Waals surface area contributed by atoms with Gasteiger partial charge in [0.25, 0.3) is 5.91 Å². The molecule has 144 valence electrons. The van der Waals surface area contributed by atoms with Gasteiger partial charge in [-0.3, -0.25) is 19.3 Å². The molecule has 0 aromatic heterocycles. The Morgan fingerprint density at radius 3 is 2.59 bits per heavy atom. The molecule has 0 unspecified atom stereocenters. The van der Waals surface area contributed by atoms with Crippen molar-refractivity contribution in [2.45, 2.75) is 25.7 Å². The lowest BCUT2D eigenvalue weighted by molar-refractivity contribution is -0.137. The Morgan fingerprint density at radius 2 is 1.93 bits per heavy atom. The number of carbonyl (C=O) groups excluding carboxylic acids is 2. The molecule has 1 aromatic carbocycles. The minimum absolute atomic E-state index is 0.112.